The number of anilines is 1. The molecule has 0 fully saturated rings. The Morgan fingerprint density at radius 2 is 2.16 bits per heavy atom. The standard InChI is InChI=1S/C14H15BrN2O2/c1-4-19-14(18)11-8-16-12-7-9(15)5-6-10(12)13(11)17(2)3/h5-8H,4H2,1-3H3. The molecule has 0 bridgehead atoms. The molecular weight excluding hydrogens is 308 g/mol. The number of rotatable bonds is 3. The Labute approximate surface area is 120 Å². The van der Waals surface area contributed by atoms with Crippen molar-refractivity contribution in [2.45, 2.75) is 6.92 Å². The number of halogens is 1. The van der Waals surface area contributed by atoms with E-state index in [1.807, 2.05) is 37.2 Å². The summed E-state index contributed by atoms with van der Waals surface area (Å²) < 4.78 is 6.04. The minimum absolute atomic E-state index is 0.344. The highest BCUT2D eigenvalue weighted by Gasteiger charge is 2.17. The van der Waals surface area contributed by atoms with Crippen molar-refractivity contribution in [2.24, 2.45) is 0 Å². The van der Waals surface area contributed by atoms with Crippen molar-refractivity contribution in [3.05, 3.63) is 34.4 Å². The number of nitrogens with zero attached hydrogens (tertiary/aromatic N) is 2. The van der Waals surface area contributed by atoms with E-state index in [1.165, 1.54) is 0 Å². The lowest BCUT2D eigenvalue weighted by Crippen LogP contribution is -2.16. The van der Waals surface area contributed by atoms with Crippen LogP contribution in [0.5, 0.6) is 0 Å². The Bertz CT molecular complexity index is 626. The number of esters is 1. The van der Waals surface area contributed by atoms with E-state index in [2.05, 4.69) is 20.9 Å². The second kappa shape index (κ2) is 5.57. The molecule has 1 heterocycles. The van der Waals surface area contributed by atoms with Gasteiger partial charge in [-0.15, -0.1) is 0 Å². The van der Waals surface area contributed by atoms with Gasteiger partial charge in [-0.3, -0.25) is 4.98 Å². The SMILES string of the molecule is CCOC(=O)c1cnc2cc(Br)ccc2c1N(C)C. The Morgan fingerprint density at radius 1 is 1.42 bits per heavy atom. The lowest BCUT2D eigenvalue weighted by molar-refractivity contribution is 0.0527. The highest BCUT2D eigenvalue weighted by Crippen LogP contribution is 2.30. The summed E-state index contributed by atoms with van der Waals surface area (Å²) in [6, 6.07) is 5.81. The number of aromatic nitrogens is 1. The van der Waals surface area contributed by atoms with Gasteiger partial charge in [-0.1, -0.05) is 15.9 Å². The number of hydrogen-bond donors (Lipinski definition) is 0. The minimum atomic E-state index is -0.344. The predicted molar refractivity (Wildman–Crippen MR) is 79.7 cm³/mol. The minimum Gasteiger partial charge on any atom is -0.462 e. The first-order valence-electron chi connectivity index (χ1n) is 5.97. The van der Waals surface area contributed by atoms with Crippen molar-refractivity contribution in [3.63, 3.8) is 0 Å². The maximum atomic E-state index is 12.0. The molecule has 2 rings (SSSR count). The number of pyridine rings is 1. The maximum absolute atomic E-state index is 12.0. The third kappa shape index (κ3) is 2.71. The number of carbonyl (C=O) groups is 1. The summed E-state index contributed by atoms with van der Waals surface area (Å²) in [4.78, 5) is 18.2. The van der Waals surface area contributed by atoms with Gasteiger partial charge >= 0.3 is 5.97 Å². The number of hydrogen-bond acceptors (Lipinski definition) is 4. The van der Waals surface area contributed by atoms with Crippen molar-refractivity contribution >= 4 is 38.5 Å². The van der Waals surface area contributed by atoms with Crippen LogP contribution in [0.25, 0.3) is 10.9 Å². The summed E-state index contributed by atoms with van der Waals surface area (Å²) in [6.45, 7) is 2.14. The van der Waals surface area contributed by atoms with Crippen LogP contribution >= 0.6 is 15.9 Å². The van der Waals surface area contributed by atoms with E-state index in [0.29, 0.717) is 12.2 Å². The fourth-order valence-corrected chi connectivity index (χ4v) is 2.34. The molecule has 0 saturated heterocycles. The average Bonchev–Trinajstić information content (AvgIpc) is 2.37. The van der Waals surface area contributed by atoms with Crippen LogP contribution < -0.4 is 4.90 Å². The van der Waals surface area contributed by atoms with Crippen molar-refractivity contribution < 1.29 is 9.53 Å². The van der Waals surface area contributed by atoms with E-state index in [4.69, 9.17) is 4.74 Å². The van der Waals surface area contributed by atoms with E-state index in [-0.39, 0.29) is 5.97 Å². The summed E-state index contributed by atoms with van der Waals surface area (Å²) in [5, 5.41) is 0.929. The molecule has 0 aliphatic carbocycles. The first kappa shape index (κ1) is 13.8. The molecule has 19 heavy (non-hydrogen) atoms. The van der Waals surface area contributed by atoms with Gasteiger partial charge in [0.2, 0.25) is 0 Å². The van der Waals surface area contributed by atoms with Gasteiger partial charge < -0.3 is 9.64 Å². The molecule has 1 aromatic carbocycles. The van der Waals surface area contributed by atoms with E-state index in [0.717, 1.165) is 21.1 Å². The zero-order valence-electron chi connectivity index (χ0n) is 11.1. The first-order valence-corrected chi connectivity index (χ1v) is 6.76. The number of benzene rings is 1. The molecule has 0 aliphatic rings. The van der Waals surface area contributed by atoms with Crippen LogP contribution in [0.4, 0.5) is 5.69 Å². The smallest absolute Gasteiger partial charge is 0.341 e. The molecule has 0 atom stereocenters. The highest BCUT2D eigenvalue weighted by molar-refractivity contribution is 9.10. The maximum Gasteiger partial charge on any atom is 0.341 e. The van der Waals surface area contributed by atoms with Gasteiger partial charge in [-0.25, -0.2) is 4.79 Å². The van der Waals surface area contributed by atoms with Crippen molar-refractivity contribution in [2.75, 3.05) is 25.6 Å². The Morgan fingerprint density at radius 3 is 2.79 bits per heavy atom. The molecule has 0 radical (unpaired) electrons. The third-order valence-electron chi connectivity index (χ3n) is 2.75. The Kier molecular flexibility index (Phi) is 4.04. The van der Waals surface area contributed by atoms with Gasteiger partial charge in [0.1, 0.15) is 5.56 Å². The van der Waals surface area contributed by atoms with Gasteiger partial charge in [0, 0.05) is 30.2 Å². The van der Waals surface area contributed by atoms with Crippen molar-refractivity contribution in [1.29, 1.82) is 0 Å². The predicted octanol–water partition coefficient (Wildman–Crippen LogP) is 3.24. The van der Waals surface area contributed by atoms with Crippen LogP contribution in [0.1, 0.15) is 17.3 Å². The Balaban J connectivity index is 2.69. The summed E-state index contributed by atoms with van der Waals surface area (Å²) in [5.74, 6) is -0.344. The fourth-order valence-electron chi connectivity index (χ4n) is 1.99. The molecule has 0 N–H and O–H groups in total. The van der Waals surface area contributed by atoms with Crippen molar-refractivity contribution in [3.8, 4) is 0 Å². The van der Waals surface area contributed by atoms with E-state index >= 15 is 0 Å². The summed E-state index contributed by atoms with van der Waals surface area (Å²) in [7, 11) is 3.80. The topological polar surface area (TPSA) is 42.4 Å². The molecule has 2 aromatic rings. The molecule has 0 unspecified atom stereocenters. The largest absolute Gasteiger partial charge is 0.462 e. The van der Waals surface area contributed by atoms with Crippen LogP contribution in [0, 0.1) is 0 Å². The molecule has 0 spiro atoms. The summed E-state index contributed by atoms with van der Waals surface area (Å²) >= 11 is 3.42. The van der Waals surface area contributed by atoms with Crippen LogP contribution in [0.3, 0.4) is 0 Å². The normalized spacial score (nSPS) is 10.5. The Hall–Kier alpha value is -1.62. The highest BCUT2D eigenvalue weighted by atomic mass is 79.9. The zero-order chi connectivity index (χ0) is 14.0. The quantitative estimate of drug-likeness (QED) is 0.813. The molecule has 0 aliphatic heterocycles. The average molecular weight is 323 g/mol. The number of carbonyl (C=O) groups excluding carboxylic acids is 1. The monoisotopic (exact) mass is 322 g/mol. The molecule has 1 aromatic heterocycles. The van der Waals surface area contributed by atoms with Gasteiger partial charge in [0.25, 0.3) is 0 Å². The molecule has 5 heteroatoms. The summed E-state index contributed by atoms with van der Waals surface area (Å²) in [5.41, 5.74) is 2.16. The van der Waals surface area contributed by atoms with Gasteiger partial charge in [-0.2, -0.15) is 0 Å². The van der Waals surface area contributed by atoms with E-state index in [9.17, 15) is 4.79 Å². The van der Waals surface area contributed by atoms with Crippen molar-refractivity contribution in [1.82, 2.24) is 4.98 Å². The molecule has 4 nitrogen and oxygen atoms in total. The number of fused-ring (bicyclic) bond motifs is 1. The van der Waals surface area contributed by atoms with Crippen LogP contribution in [0.15, 0.2) is 28.9 Å². The third-order valence-corrected chi connectivity index (χ3v) is 3.24. The zero-order valence-corrected chi connectivity index (χ0v) is 12.7. The van der Waals surface area contributed by atoms with Crippen LogP contribution in [0.2, 0.25) is 0 Å². The lowest BCUT2D eigenvalue weighted by Gasteiger charge is -2.18. The van der Waals surface area contributed by atoms with Gasteiger partial charge in [0.05, 0.1) is 17.8 Å². The second-order valence-corrected chi connectivity index (χ2v) is 5.21. The van der Waals surface area contributed by atoms with Crippen LogP contribution in [-0.4, -0.2) is 31.7 Å². The fraction of sp³-hybridized carbons (Fsp3) is 0.286. The molecule has 0 amide bonds. The summed E-state index contributed by atoms with van der Waals surface area (Å²) in [6.07, 6.45) is 1.57. The number of ether oxygens (including phenoxy) is 1. The molecule has 100 valence electrons. The van der Waals surface area contributed by atoms with Gasteiger partial charge in [-0.05, 0) is 25.1 Å². The lowest BCUT2D eigenvalue weighted by atomic mass is 10.1. The molecular formula is C14H15BrN2O2. The first-order chi connectivity index (χ1) is 9.04. The van der Waals surface area contributed by atoms with E-state index in [1.54, 1.807) is 13.1 Å². The second-order valence-electron chi connectivity index (χ2n) is 4.30. The van der Waals surface area contributed by atoms with Crippen LogP contribution in [-0.2, 0) is 4.74 Å². The van der Waals surface area contributed by atoms with Gasteiger partial charge in [0.15, 0.2) is 0 Å². The molecule has 0 saturated carbocycles. The van der Waals surface area contributed by atoms with E-state index < -0.39 is 0 Å².